The summed E-state index contributed by atoms with van der Waals surface area (Å²) >= 11 is 0. The minimum atomic E-state index is 0.950. The zero-order valence-corrected chi connectivity index (χ0v) is 13.7. The number of fused-ring (bicyclic) bond motifs is 2. The zero-order chi connectivity index (χ0) is 14.2. The number of quaternary nitrogens is 3. The van der Waals surface area contributed by atoms with Crippen LogP contribution in [0.25, 0.3) is 0 Å². The lowest BCUT2D eigenvalue weighted by Gasteiger charge is -2.37. The van der Waals surface area contributed by atoms with Crippen molar-refractivity contribution in [2.24, 2.45) is 17.8 Å². The van der Waals surface area contributed by atoms with Gasteiger partial charge < -0.3 is 14.7 Å². The highest BCUT2D eigenvalue weighted by Crippen LogP contribution is 2.42. The van der Waals surface area contributed by atoms with Gasteiger partial charge in [0.2, 0.25) is 0 Å². The molecule has 4 aliphatic rings. The van der Waals surface area contributed by atoms with E-state index in [0.717, 1.165) is 23.8 Å². The largest absolute Gasteiger partial charge is 0.334 e. The molecule has 0 amide bonds. The van der Waals surface area contributed by atoms with Crippen molar-refractivity contribution in [1.29, 1.82) is 0 Å². The van der Waals surface area contributed by atoms with E-state index in [1.54, 1.807) is 4.90 Å². The minimum Gasteiger partial charge on any atom is -0.334 e. The zero-order valence-electron chi connectivity index (χ0n) is 13.7. The van der Waals surface area contributed by atoms with Gasteiger partial charge in [0.05, 0.1) is 32.7 Å². The van der Waals surface area contributed by atoms with Crippen LogP contribution >= 0.6 is 0 Å². The van der Waals surface area contributed by atoms with Crippen molar-refractivity contribution >= 4 is 0 Å². The van der Waals surface area contributed by atoms with E-state index in [-0.39, 0.29) is 0 Å². The smallest absolute Gasteiger partial charge is 0.127 e. The number of likely N-dealkylation sites (N-methyl/N-ethyl adjacent to an activating group) is 1. The van der Waals surface area contributed by atoms with Crippen molar-refractivity contribution < 1.29 is 14.7 Å². The molecule has 3 N–H and O–H groups in total. The first-order valence-electron chi connectivity index (χ1n) is 9.45. The topological polar surface area (TPSA) is 13.3 Å². The van der Waals surface area contributed by atoms with Crippen LogP contribution in [-0.4, -0.2) is 58.9 Å². The molecule has 3 fully saturated rings. The molecule has 2 aliphatic heterocycles. The van der Waals surface area contributed by atoms with Gasteiger partial charge in [-0.2, -0.15) is 0 Å². The summed E-state index contributed by atoms with van der Waals surface area (Å²) in [4.78, 5) is 5.60. The number of allylic oxidation sites excluding steroid dienone is 2. The molecule has 2 saturated heterocycles. The summed E-state index contributed by atoms with van der Waals surface area (Å²) in [6.07, 6.45) is 11.0. The van der Waals surface area contributed by atoms with E-state index < -0.39 is 0 Å². The normalized spacial score (nSPS) is 49.7. The Morgan fingerprint density at radius 1 is 0.905 bits per heavy atom. The van der Waals surface area contributed by atoms with Gasteiger partial charge in [-0.15, -0.1) is 0 Å². The van der Waals surface area contributed by atoms with E-state index in [0.29, 0.717) is 0 Å². The van der Waals surface area contributed by atoms with Gasteiger partial charge in [0.1, 0.15) is 26.2 Å². The van der Waals surface area contributed by atoms with Crippen LogP contribution in [0.4, 0.5) is 0 Å². The van der Waals surface area contributed by atoms with E-state index in [9.17, 15) is 0 Å². The van der Waals surface area contributed by atoms with Crippen LogP contribution in [0.3, 0.4) is 0 Å². The van der Waals surface area contributed by atoms with Gasteiger partial charge in [-0.05, 0) is 24.7 Å². The van der Waals surface area contributed by atoms with Crippen LogP contribution in [0.1, 0.15) is 25.7 Å². The third-order valence-corrected chi connectivity index (χ3v) is 6.98. The van der Waals surface area contributed by atoms with Crippen molar-refractivity contribution in [3.05, 3.63) is 12.2 Å². The molecule has 0 aromatic carbocycles. The molecule has 118 valence electrons. The second-order valence-electron chi connectivity index (χ2n) is 8.38. The van der Waals surface area contributed by atoms with Crippen LogP contribution in [0, 0.1) is 17.8 Å². The molecular weight excluding hydrogens is 258 g/mol. The van der Waals surface area contributed by atoms with Crippen LogP contribution in [0.5, 0.6) is 0 Å². The lowest BCUT2D eigenvalue weighted by Crippen LogP contribution is -3.29. The third kappa shape index (κ3) is 3.06. The van der Waals surface area contributed by atoms with Crippen molar-refractivity contribution in [3.8, 4) is 0 Å². The summed E-state index contributed by atoms with van der Waals surface area (Å²) in [6.45, 7) is 10.00. The Labute approximate surface area is 130 Å². The number of likely N-dealkylation sites (tertiary alicyclic amines) is 1. The van der Waals surface area contributed by atoms with E-state index in [4.69, 9.17) is 0 Å². The van der Waals surface area contributed by atoms with Gasteiger partial charge in [-0.3, -0.25) is 0 Å². The molecule has 2 aliphatic carbocycles. The predicted octanol–water partition coefficient (Wildman–Crippen LogP) is -2.34. The molecular formula is C18H34N3+3. The second kappa shape index (κ2) is 6.02. The summed E-state index contributed by atoms with van der Waals surface area (Å²) < 4.78 is 0. The SMILES string of the molecule is C[NH+]1CC[NH+](C2CC[NH+](C[C@@H]3C[C@H]4C=C[C@@H]3C4)CC2)CC1. The molecule has 2 heterocycles. The highest BCUT2D eigenvalue weighted by atomic mass is 15.3. The first-order chi connectivity index (χ1) is 10.3. The lowest BCUT2D eigenvalue weighted by molar-refractivity contribution is -1.02. The molecule has 21 heavy (non-hydrogen) atoms. The molecule has 3 nitrogen and oxygen atoms in total. The first-order valence-corrected chi connectivity index (χ1v) is 9.45. The van der Waals surface area contributed by atoms with Crippen LogP contribution in [0.2, 0.25) is 0 Å². The van der Waals surface area contributed by atoms with Gasteiger partial charge >= 0.3 is 0 Å². The molecule has 0 radical (unpaired) electrons. The first kappa shape index (κ1) is 14.2. The van der Waals surface area contributed by atoms with E-state index in [1.165, 1.54) is 71.5 Å². The third-order valence-electron chi connectivity index (χ3n) is 6.98. The Hall–Kier alpha value is -0.380. The van der Waals surface area contributed by atoms with E-state index in [2.05, 4.69) is 19.2 Å². The second-order valence-corrected chi connectivity index (χ2v) is 8.38. The average Bonchev–Trinajstić information content (AvgIpc) is 3.12. The van der Waals surface area contributed by atoms with Crippen molar-refractivity contribution in [3.63, 3.8) is 0 Å². The van der Waals surface area contributed by atoms with Crippen molar-refractivity contribution in [1.82, 2.24) is 0 Å². The minimum absolute atomic E-state index is 0.950. The highest BCUT2D eigenvalue weighted by molar-refractivity contribution is 5.09. The summed E-state index contributed by atoms with van der Waals surface area (Å²) in [6, 6.07) is 0.988. The molecule has 0 spiro atoms. The van der Waals surface area contributed by atoms with Crippen LogP contribution < -0.4 is 14.7 Å². The van der Waals surface area contributed by atoms with Crippen LogP contribution in [0.15, 0.2) is 12.2 Å². The van der Waals surface area contributed by atoms with Gasteiger partial charge in [-0.1, -0.05) is 12.2 Å². The molecule has 2 bridgehead atoms. The number of hydrogen-bond acceptors (Lipinski definition) is 0. The maximum atomic E-state index is 2.53. The molecule has 0 aromatic heterocycles. The highest BCUT2D eigenvalue weighted by Gasteiger charge is 2.39. The number of rotatable bonds is 3. The molecule has 4 rings (SSSR count). The van der Waals surface area contributed by atoms with Crippen LogP contribution in [-0.2, 0) is 0 Å². The van der Waals surface area contributed by atoms with Gasteiger partial charge in [0.25, 0.3) is 0 Å². The number of piperazine rings is 1. The summed E-state index contributed by atoms with van der Waals surface area (Å²) in [5, 5.41) is 0. The lowest BCUT2D eigenvalue weighted by atomic mass is 9.92. The summed E-state index contributed by atoms with van der Waals surface area (Å²) in [7, 11) is 2.35. The Bertz CT molecular complexity index is 378. The predicted molar refractivity (Wildman–Crippen MR) is 84.7 cm³/mol. The average molecular weight is 292 g/mol. The Morgan fingerprint density at radius 2 is 1.67 bits per heavy atom. The summed E-state index contributed by atoms with van der Waals surface area (Å²) in [5.41, 5.74) is 0. The molecule has 0 unspecified atom stereocenters. The fraction of sp³-hybridized carbons (Fsp3) is 0.889. The molecule has 1 saturated carbocycles. The quantitative estimate of drug-likeness (QED) is 0.483. The Kier molecular flexibility index (Phi) is 4.08. The van der Waals surface area contributed by atoms with Crippen molar-refractivity contribution in [2.45, 2.75) is 31.7 Å². The molecule has 3 atom stereocenters. The van der Waals surface area contributed by atoms with E-state index in [1.807, 2.05) is 9.80 Å². The fourth-order valence-electron chi connectivity index (χ4n) is 5.54. The Balaban J connectivity index is 1.23. The number of hydrogen-bond donors (Lipinski definition) is 3. The maximum absolute atomic E-state index is 2.53. The molecule has 3 heteroatoms. The van der Waals surface area contributed by atoms with E-state index >= 15 is 0 Å². The molecule has 0 aromatic rings. The van der Waals surface area contributed by atoms with Gasteiger partial charge in [-0.25, -0.2) is 0 Å². The van der Waals surface area contributed by atoms with Gasteiger partial charge in [0.15, 0.2) is 0 Å². The van der Waals surface area contributed by atoms with Crippen molar-refractivity contribution in [2.75, 3.05) is 52.9 Å². The fourth-order valence-corrected chi connectivity index (χ4v) is 5.54. The summed E-state index contributed by atoms with van der Waals surface area (Å²) in [5.74, 6) is 2.92. The Morgan fingerprint density at radius 3 is 2.29 bits per heavy atom. The standard InChI is InChI=1S/C18H31N3/c1-19-8-10-21(11-9-19)18-4-6-20(7-5-18)14-17-13-15-2-3-16(17)12-15/h2-3,15-18H,4-14H2,1H3/p+3/t15-,16+,17-/m0/s1. The number of nitrogens with one attached hydrogen (secondary N) is 3. The van der Waals surface area contributed by atoms with Gasteiger partial charge in [0, 0.05) is 18.8 Å². The maximum Gasteiger partial charge on any atom is 0.127 e. The number of piperidine rings is 1. The monoisotopic (exact) mass is 292 g/mol.